The van der Waals surface area contributed by atoms with Crippen LogP contribution in [-0.2, 0) is 9.59 Å². The number of rotatable bonds is 8. The molecule has 5 nitrogen and oxygen atoms in total. The van der Waals surface area contributed by atoms with E-state index in [4.69, 9.17) is 0 Å². The minimum Gasteiger partial charge on any atom is -0.351 e. The number of nitrogens with zero attached hydrogens (tertiary/aromatic N) is 1. The zero-order valence-corrected chi connectivity index (χ0v) is 11.0. The van der Waals surface area contributed by atoms with Gasteiger partial charge < -0.3 is 10.2 Å². The van der Waals surface area contributed by atoms with Gasteiger partial charge in [-0.1, -0.05) is 6.08 Å². The number of hydrogen-bond donors (Lipinski definition) is 2. The lowest BCUT2D eigenvalue weighted by atomic mass is 10.3. The van der Waals surface area contributed by atoms with Crippen LogP contribution in [0.3, 0.4) is 0 Å². The first-order chi connectivity index (χ1) is 8.06. The van der Waals surface area contributed by atoms with E-state index < -0.39 is 0 Å². The van der Waals surface area contributed by atoms with Crippen LogP contribution in [0, 0.1) is 0 Å². The lowest BCUT2D eigenvalue weighted by molar-refractivity contribution is -0.130. The largest absolute Gasteiger partial charge is 0.351 e. The summed E-state index contributed by atoms with van der Waals surface area (Å²) in [4.78, 5) is 24.9. The van der Waals surface area contributed by atoms with E-state index in [1.54, 1.807) is 17.9 Å². The van der Waals surface area contributed by atoms with Gasteiger partial charge in [-0.15, -0.1) is 6.58 Å². The minimum atomic E-state index is -0.380. The highest BCUT2D eigenvalue weighted by atomic mass is 16.2. The average Bonchev–Trinajstić information content (AvgIpc) is 2.34. The molecule has 0 aliphatic heterocycles. The van der Waals surface area contributed by atoms with E-state index in [1.807, 2.05) is 13.8 Å². The molecule has 98 valence electrons. The molecule has 0 saturated heterocycles. The van der Waals surface area contributed by atoms with Crippen LogP contribution in [0.1, 0.15) is 20.8 Å². The van der Waals surface area contributed by atoms with Gasteiger partial charge in [0, 0.05) is 19.6 Å². The van der Waals surface area contributed by atoms with E-state index in [2.05, 4.69) is 17.2 Å². The quantitative estimate of drug-likeness (QED) is 0.594. The smallest absolute Gasteiger partial charge is 0.237 e. The van der Waals surface area contributed by atoms with Crippen LogP contribution < -0.4 is 10.6 Å². The summed E-state index contributed by atoms with van der Waals surface area (Å²) in [6.07, 6.45) is 1.62. The van der Waals surface area contributed by atoms with Gasteiger partial charge in [0.2, 0.25) is 11.8 Å². The summed E-state index contributed by atoms with van der Waals surface area (Å²) >= 11 is 0. The number of amides is 2. The molecule has 0 aromatic rings. The zero-order valence-electron chi connectivity index (χ0n) is 11.0. The Balaban J connectivity index is 3.97. The van der Waals surface area contributed by atoms with Gasteiger partial charge in [-0.2, -0.15) is 0 Å². The van der Waals surface area contributed by atoms with E-state index >= 15 is 0 Å². The summed E-state index contributed by atoms with van der Waals surface area (Å²) < 4.78 is 0. The highest BCUT2D eigenvalue weighted by molar-refractivity contribution is 5.83. The second kappa shape index (κ2) is 8.75. The van der Waals surface area contributed by atoms with Crippen LogP contribution in [0.5, 0.6) is 0 Å². The molecule has 2 amide bonds. The van der Waals surface area contributed by atoms with E-state index in [9.17, 15) is 9.59 Å². The molecule has 1 atom stereocenters. The first kappa shape index (κ1) is 15.6. The maximum atomic E-state index is 11.7. The summed E-state index contributed by atoms with van der Waals surface area (Å²) in [7, 11) is 0. The fourth-order valence-corrected chi connectivity index (χ4v) is 1.35. The monoisotopic (exact) mass is 241 g/mol. The van der Waals surface area contributed by atoms with Crippen molar-refractivity contribution in [1.29, 1.82) is 0 Å². The fraction of sp³-hybridized carbons (Fsp3) is 0.667. The van der Waals surface area contributed by atoms with E-state index in [1.165, 1.54) is 0 Å². The molecule has 0 aromatic heterocycles. The van der Waals surface area contributed by atoms with Gasteiger partial charge in [0.25, 0.3) is 0 Å². The van der Waals surface area contributed by atoms with Crippen LogP contribution >= 0.6 is 0 Å². The Morgan fingerprint density at radius 3 is 2.41 bits per heavy atom. The predicted molar refractivity (Wildman–Crippen MR) is 68.6 cm³/mol. The molecule has 5 heteroatoms. The standard InChI is InChI=1S/C12H23N3O2/c1-5-8-13-12(17)10(4)14-9-11(16)15(6-2)7-3/h5,10,14H,1,6-9H2,2-4H3,(H,13,17). The van der Waals surface area contributed by atoms with Crippen molar-refractivity contribution >= 4 is 11.8 Å². The normalized spacial score (nSPS) is 11.7. The molecule has 2 N–H and O–H groups in total. The summed E-state index contributed by atoms with van der Waals surface area (Å²) in [6, 6.07) is -0.380. The minimum absolute atomic E-state index is 0.0124. The topological polar surface area (TPSA) is 61.4 Å². The van der Waals surface area contributed by atoms with Crippen molar-refractivity contribution in [2.45, 2.75) is 26.8 Å². The number of carbonyl (C=O) groups is 2. The maximum absolute atomic E-state index is 11.7. The van der Waals surface area contributed by atoms with Gasteiger partial charge in [0.1, 0.15) is 0 Å². The van der Waals surface area contributed by atoms with Crippen molar-refractivity contribution in [2.24, 2.45) is 0 Å². The van der Waals surface area contributed by atoms with Gasteiger partial charge >= 0.3 is 0 Å². The fourth-order valence-electron chi connectivity index (χ4n) is 1.35. The number of likely N-dealkylation sites (N-methyl/N-ethyl adjacent to an activating group) is 1. The molecule has 0 saturated carbocycles. The molecule has 0 bridgehead atoms. The highest BCUT2D eigenvalue weighted by Crippen LogP contribution is 1.89. The Morgan fingerprint density at radius 1 is 1.35 bits per heavy atom. The van der Waals surface area contributed by atoms with Crippen molar-refractivity contribution in [3.05, 3.63) is 12.7 Å². The number of nitrogens with one attached hydrogen (secondary N) is 2. The zero-order chi connectivity index (χ0) is 13.3. The van der Waals surface area contributed by atoms with Crippen molar-refractivity contribution in [2.75, 3.05) is 26.2 Å². The van der Waals surface area contributed by atoms with Crippen molar-refractivity contribution < 1.29 is 9.59 Å². The first-order valence-corrected chi connectivity index (χ1v) is 5.96. The molecule has 0 rings (SSSR count). The van der Waals surface area contributed by atoms with E-state index in [0.29, 0.717) is 19.6 Å². The third-order valence-corrected chi connectivity index (χ3v) is 2.49. The number of hydrogen-bond acceptors (Lipinski definition) is 3. The second-order valence-corrected chi connectivity index (χ2v) is 3.70. The van der Waals surface area contributed by atoms with Crippen molar-refractivity contribution in [1.82, 2.24) is 15.5 Å². The Kier molecular flexibility index (Phi) is 8.05. The lowest BCUT2D eigenvalue weighted by Gasteiger charge is -2.20. The molecule has 17 heavy (non-hydrogen) atoms. The van der Waals surface area contributed by atoms with Crippen LogP contribution in [0.2, 0.25) is 0 Å². The second-order valence-electron chi connectivity index (χ2n) is 3.70. The first-order valence-electron chi connectivity index (χ1n) is 5.96. The highest BCUT2D eigenvalue weighted by Gasteiger charge is 2.14. The van der Waals surface area contributed by atoms with Crippen LogP contribution in [0.15, 0.2) is 12.7 Å². The molecular formula is C12H23N3O2. The summed E-state index contributed by atoms with van der Waals surface area (Å²) in [5.74, 6) is -0.115. The summed E-state index contributed by atoms with van der Waals surface area (Å²) in [5.41, 5.74) is 0. The van der Waals surface area contributed by atoms with Gasteiger partial charge in [0.15, 0.2) is 0 Å². The van der Waals surface area contributed by atoms with Gasteiger partial charge in [0.05, 0.1) is 12.6 Å². The molecule has 0 fully saturated rings. The van der Waals surface area contributed by atoms with Gasteiger partial charge in [-0.05, 0) is 20.8 Å². The Labute approximate surface area is 103 Å². The lowest BCUT2D eigenvalue weighted by Crippen LogP contribution is -2.46. The van der Waals surface area contributed by atoms with E-state index in [0.717, 1.165) is 0 Å². The maximum Gasteiger partial charge on any atom is 0.237 e. The Morgan fingerprint density at radius 2 is 1.94 bits per heavy atom. The van der Waals surface area contributed by atoms with Crippen molar-refractivity contribution in [3.63, 3.8) is 0 Å². The van der Waals surface area contributed by atoms with Crippen LogP contribution in [0.25, 0.3) is 0 Å². The molecule has 1 unspecified atom stereocenters. The Bertz CT molecular complexity index is 262. The molecule has 0 heterocycles. The third kappa shape index (κ3) is 6.06. The number of carbonyl (C=O) groups excluding carboxylic acids is 2. The average molecular weight is 241 g/mol. The molecule has 0 spiro atoms. The molecule has 0 aliphatic carbocycles. The van der Waals surface area contributed by atoms with Crippen LogP contribution in [-0.4, -0.2) is 48.9 Å². The Hall–Kier alpha value is -1.36. The molecule has 0 aliphatic rings. The summed E-state index contributed by atoms with van der Waals surface area (Å²) in [5, 5.41) is 5.57. The SMILES string of the molecule is C=CCNC(=O)C(C)NCC(=O)N(CC)CC. The van der Waals surface area contributed by atoms with Gasteiger partial charge in [-0.25, -0.2) is 0 Å². The third-order valence-electron chi connectivity index (χ3n) is 2.49. The van der Waals surface area contributed by atoms with Crippen molar-refractivity contribution in [3.8, 4) is 0 Å². The van der Waals surface area contributed by atoms with Gasteiger partial charge in [-0.3, -0.25) is 14.9 Å². The predicted octanol–water partition coefficient (Wildman–Crippen LogP) is 0.135. The van der Waals surface area contributed by atoms with Crippen LogP contribution in [0.4, 0.5) is 0 Å². The molecular weight excluding hydrogens is 218 g/mol. The van der Waals surface area contributed by atoms with E-state index in [-0.39, 0.29) is 24.4 Å². The molecule has 0 aromatic carbocycles. The molecule has 0 radical (unpaired) electrons. The summed E-state index contributed by atoms with van der Waals surface area (Å²) in [6.45, 7) is 11.1.